The molecular formula is C17H29NS. The predicted octanol–water partition coefficient (Wildman–Crippen LogP) is 4.60. The highest BCUT2D eigenvalue weighted by Gasteiger charge is 2.39. The fraction of sp³-hybridized carbons (Fsp3) is 0.647. The molecule has 0 spiro atoms. The minimum atomic E-state index is 0.293. The molecule has 1 heterocycles. The van der Waals surface area contributed by atoms with Crippen molar-refractivity contribution in [1.82, 2.24) is 0 Å². The molecular weight excluding hydrogens is 250 g/mol. The summed E-state index contributed by atoms with van der Waals surface area (Å²) in [5, 5.41) is 2.24. The number of hydrogen-bond donors (Lipinski definition) is 1. The quantitative estimate of drug-likeness (QED) is 0.702. The first-order valence-electron chi connectivity index (χ1n) is 7.36. The van der Waals surface area contributed by atoms with Crippen molar-refractivity contribution >= 4 is 11.8 Å². The van der Waals surface area contributed by atoms with Gasteiger partial charge in [0.1, 0.15) is 0 Å². The van der Waals surface area contributed by atoms with Crippen LogP contribution in [0.5, 0.6) is 0 Å². The predicted molar refractivity (Wildman–Crippen MR) is 88.9 cm³/mol. The molecule has 0 bridgehead atoms. The maximum absolute atomic E-state index is 4.50. The van der Waals surface area contributed by atoms with Crippen LogP contribution in [-0.4, -0.2) is 17.5 Å². The monoisotopic (exact) mass is 279 g/mol. The van der Waals surface area contributed by atoms with Crippen LogP contribution in [0.1, 0.15) is 52.0 Å². The van der Waals surface area contributed by atoms with Crippen molar-refractivity contribution in [3.8, 4) is 0 Å². The average Bonchev–Trinajstić information content (AvgIpc) is 3.21. The van der Waals surface area contributed by atoms with E-state index in [1.165, 1.54) is 38.3 Å². The van der Waals surface area contributed by atoms with E-state index in [0.29, 0.717) is 5.41 Å². The highest BCUT2D eigenvalue weighted by molar-refractivity contribution is 8.07. The fourth-order valence-corrected chi connectivity index (χ4v) is 3.55. The summed E-state index contributed by atoms with van der Waals surface area (Å²) >= 11 is 2.20. The van der Waals surface area contributed by atoms with Crippen LogP contribution in [0.25, 0.3) is 0 Å². The zero-order valence-electron chi connectivity index (χ0n) is 12.9. The Labute approximate surface area is 123 Å². The summed E-state index contributed by atoms with van der Waals surface area (Å²) in [7, 11) is 1.50. The molecule has 2 aliphatic rings. The molecule has 2 N–H and O–H groups in total. The minimum absolute atomic E-state index is 0.293. The van der Waals surface area contributed by atoms with E-state index in [9.17, 15) is 0 Å². The molecule has 1 saturated carbocycles. The Morgan fingerprint density at radius 3 is 1.74 bits per heavy atom. The maximum atomic E-state index is 4.50. The summed E-state index contributed by atoms with van der Waals surface area (Å²) < 4.78 is 0. The van der Waals surface area contributed by atoms with Crippen LogP contribution in [0.15, 0.2) is 30.3 Å². The van der Waals surface area contributed by atoms with E-state index in [4.69, 9.17) is 0 Å². The van der Waals surface area contributed by atoms with E-state index < -0.39 is 0 Å². The zero-order chi connectivity index (χ0) is 14.3. The van der Waals surface area contributed by atoms with Gasteiger partial charge in [0.05, 0.1) is 0 Å². The molecule has 0 aromatic heterocycles. The summed E-state index contributed by atoms with van der Waals surface area (Å²) in [6, 6.07) is 10.6. The van der Waals surface area contributed by atoms with Gasteiger partial charge in [-0.05, 0) is 30.9 Å². The average molecular weight is 279 g/mol. The van der Waals surface area contributed by atoms with Gasteiger partial charge in [-0.3, -0.25) is 0 Å². The molecule has 1 saturated heterocycles. The van der Waals surface area contributed by atoms with E-state index in [1.807, 2.05) is 0 Å². The summed E-state index contributed by atoms with van der Waals surface area (Å²) in [5.41, 5.74) is 6.19. The van der Waals surface area contributed by atoms with Gasteiger partial charge < -0.3 is 5.73 Å². The Balaban J connectivity index is 0.000000174. The third-order valence-corrected chi connectivity index (χ3v) is 5.07. The van der Waals surface area contributed by atoms with E-state index in [2.05, 4.69) is 68.6 Å². The van der Waals surface area contributed by atoms with Crippen LogP contribution in [0.2, 0.25) is 0 Å². The lowest BCUT2D eigenvalue weighted by Crippen LogP contribution is -2.10. The second kappa shape index (κ2) is 7.96. The number of fused-ring (bicyclic) bond motifs is 1. The number of benzene rings is 1. The smallest absolute Gasteiger partial charge is 0.0169 e. The lowest BCUT2D eigenvalue weighted by Gasteiger charge is -2.18. The molecule has 1 aromatic carbocycles. The van der Waals surface area contributed by atoms with Gasteiger partial charge in [-0.15, -0.1) is 0 Å². The van der Waals surface area contributed by atoms with E-state index >= 15 is 0 Å². The second-order valence-electron chi connectivity index (χ2n) is 6.11. The molecule has 2 heteroatoms. The Morgan fingerprint density at radius 2 is 1.42 bits per heavy atom. The van der Waals surface area contributed by atoms with Crippen molar-refractivity contribution in [2.24, 2.45) is 5.73 Å². The third kappa shape index (κ3) is 6.01. The van der Waals surface area contributed by atoms with Crippen LogP contribution in [0, 0.1) is 0 Å². The standard InChI is InChI=1S/C10H14.C6H10S.CH5N/c1-10(2,3)9-7-5-4-6-8-9;1-2-4-6-5(3-1)7-6;1-2/h4-8H,1-3H3;5-6H,1-4H2;2H2,1H3. The topological polar surface area (TPSA) is 26.0 Å². The molecule has 1 nitrogen and oxygen atoms in total. The zero-order valence-corrected chi connectivity index (χ0v) is 13.7. The Kier molecular flexibility index (Phi) is 6.95. The molecule has 108 valence electrons. The summed E-state index contributed by atoms with van der Waals surface area (Å²) in [4.78, 5) is 0. The largest absolute Gasteiger partial charge is 0.333 e. The lowest BCUT2D eigenvalue weighted by molar-refractivity contribution is 0.571. The molecule has 2 fully saturated rings. The number of thioether (sulfide) groups is 1. The van der Waals surface area contributed by atoms with Crippen LogP contribution in [-0.2, 0) is 5.41 Å². The van der Waals surface area contributed by atoms with Gasteiger partial charge in [0.15, 0.2) is 0 Å². The molecule has 0 radical (unpaired) electrons. The molecule has 0 amide bonds. The van der Waals surface area contributed by atoms with Gasteiger partial charge in [0.25, 0.3) is 0 Å². The molecule has 1 aromatic rings. The van der Waals surface area contributed by atoms with Crippen LogP contribution < -0.4 is 5.73 Å². The van der Waals surface area contributed by atoms with Crippen LogP contribution >= 0.6 is 11.8 Å². The number of nitrogens with two attached hydrogens (primary N) is 1. The molecule has 3 rings (SSSR count). The molecule has 1 aliphatic carbocycles. The SMILES string of the molecule is C1CCC2SC2C1.CC(C)(C)c1ccccc1.CN. The summed E-state index contributed by atoms with van der Waals surface area (Å²) in [5.74, 6) is 0. The van der Waals surface area contributed by atoms with Gasteiger partial charge in [-0.1, -0.05) is 63.9 Å². The minimum Gasteiger partial charge on any atom is -0.333 e. The molecule has 2 atom stereocenters. The summed E-state index contributed by atoms with van der Waals surface area (Å²) in [6.07, 6.45) is 6.06. The van der Waals surface area contributed by atoms with Crippen LogP contribution in [0.4, 0.5) is 0 Å². The first-order chi connectivity index (χ1) is 9.07. The molecule has 1 aliphatic heterocycles. The van der Waals surface area contributed by atoms with Crippen molar-refractivity contribution in [3.05, 3.63) is 35.9 Å². The van der Waals surface area contributed by atoms with Gasteiger partial charge >= 0.3 is 0 Å². The van der Waals surface area contributed by atoms with Crippen molar-refractivity contribution in [1.29, 1.82) is 0 Å². The van der Waals surface area contributed by atoms with Gasteiger partial charge in [0, 0.05) is 10.5 Å². The van der Waals surface area contributed by atoms with E-state index in [0.717, 1.165) is 10.5 Å². The Bertz CT molecular complexity index is 332. The summed E-state index contributed by atoms with van der Waals surface area (Å²) in [6.45, 7) is 6.67. The maximum Gasteiger partial charge on any atom is 0.0169 e. The van der Waals surface area contributed by atoms with E-state index in [-0.39, 0.29) is 0 Å². The highest BCUT2D eigenvalue weighted by Crippen LogP contribution is 2.50. The van der Waals surface area contributed by atoms with Crippen molar-refractivity contribution in [2.45, 2.75) is 62.4 Å². The number of hydrogen-bond acceptors (Lipinski definition) is 2. The third-order valence-electron chi connectivity index (χ3n) is 3.55. The first-order valence-corrected chi connectivity index (χ1v) is 8.30. The van der Waals surface area contributed by atoms with Gasteiger partial charge in [-0.2, -0.15) is 11.8 Å². The van der Waals surface area contributed by atoms with Gasteiger partial charge in [0.2, 0.25) is 0 Å². The normalized spacial score (nSPS) is 24.1. The van der Waals surface area contributed by atoms with Crippen molar-refractivity contribution in [3.63, 3.8) is 0 Å². The fourth-order valence-electron chi connectivity index (χ4n) is 2.32. The highest BCUT2D eigenvalue weighted by atomic mass is 32.2. The second-order valence-corrected chi connectivity index (χ2v) is 7.60. The molecule has 2 unspecified atom stereocenters. The number of rotatable bonds is 0. The first kappa shape index (κ1) is 16.6. The van der Waals surface area contributed by atoms with E-state index in [1.54, 1.807) is 0 Å². The Morgan fingerprint density at radius 1 is 0.947 bits per heavy atom. The van der Waals surface area contributed by atoms with Crippen LogP contribution in [0.3, 0.4) is 0 Å². The van der Waals surface area contributed by atoms with Crippen molar-refractivity contribution < 1.29 is 0 Å². The van der Waals surface area contributed by atoms with Gasteiger partial charge in [-0.25, -0.2) is 0 Å². The Hall–Kier alpha value is -0.470. The van der Waals surface area contributed by atoms with Crippen molar-refractivity contribution in [2.75, 3.05) is 7.05 Å². The lowest BCUT2D eigenvalue weighted by atomic mass is 9.87. The molecule has 19 heavy (non-hydrogen) atoms.